The highest BCUT2D eigenvalue weighted by atomic mass is 16.2. The van der Waals surface area contributed by atoms with Gasteiger partial charge in [-0.25, -0.2) is 0 Å². The summed E-state index contributed by atoms with van der Waals surface area (Å²) in [4.78, 5) is 30.4. The van der Waals surface area contributed by atoms with Crippen molar-refractivity contribution in [2.75, 3.05) is 13.1 Å². The van der Waals surface area contributed by atoms with Crippen LogP contribution in [0.25, 0.3) is 11.3 Å². The van der Waals surface area contributed by atoms with Gasteiger partial charge in [0.05, 0.1) is 11.4 Å². The fourth-order valence-electron chi connectivity index (χ4n) is 4.69. The molecule has 6 nitrogen and oxygen atoms in total. The molecule has 29 heavy (non-hydrogen) atoms. The lowest BCUT2D eigenvalue weighted by Gasteiger charge is -2.20. The Kier molecular flexibility index (Phi) is 4.34. The zero-order valence-corrected chi connectivity index (χ0v) is 16.6. The monoisotopic (exact) mass is 388 g/mol. The summed E-state index contributed by atoms with van der Waals surface area (Å²) in [5.41, 5.74) is 6.62. The van der Waals surface area contributed by atoms with Crippen molar-refractivity contribution in [3.05, 3.63) is 74.8 Å². The Morgan fingerprint density at radius 2 is 1.86 bits per heavy atom. The number of fused-ring (bicyclic) bond motifs is 2. The number of hydrogen-bond donors (Lipinski definition) is 1. The molecular formula is C23H24N4O2. The predicted molar refractivity (Wildman–Crippen MR) is 111 cm³/mol. The molecule has 1 N–H and O–H groups in total. The molecule has 2 aromatic heterocycles. The first-order valence-corrected chi connectivity index (χ1v) is 10.3. The molecule has 0 unspecified atom stereocenters. The van der Waals surface area contributed by atoms with Crippen molar-refractivity contribution in [3.63, 3.8) is 0 Å². The molecule has 5 rings (SSSR count). The third kappa shape index (κ3) is 3.09. The van der Waals surface area contributed by atoms with E-state index >= 15 is 0 Å². The molecule has 3 aromatic rings. The third-order valence-electron chi connectivity index (χ3n) is 6.13. The number of hydrogen-bond acceptors (Lipinski definition) is 3. The van der Waals surface area contributed by atoms with Crippen molar-refractivity contribution in [3.8, 4) is 11.3 Å². The molecule has 1 amide bonds. The van der Waals surface area contributed by atoms with Crippen LogP contribution in [0.2, 0.25) is 0 Å². The summed E-state index contributed by atoms with van der Waals surface area (Å²) in [5, 5.41) is 4.73. The number of aromatic nitrogens is 3. The number of H-pyrrole nitrogens is 1. The Balaban J connectivity index is 1.43. The molecule has 1 aliphatic carbocycles. The lowest BCUT2D eigenvalue weighted by atomic mass is 10.0. The summed E-state index contributed by atoms with van der Waals surface area (Å²) < 4.78 is 1.95. The van der Waals surface area contributed by atoms with Crippen molar-refractivity contribution in [2.45, 2.75) is 32.1 Å². The van der Waals surface area contributed by atoms with Crippen LogP contribution in [-0.4, -0.2) is 38.7 Å². The summed E-state index contributed by atoms with van der Waals surface area (Å²) in [6, 6.07) is 12.1. The Bertz CT molecular complexity index is 1140. The first kappa shape index (κ1) is 17.9. The molecule has 0 saturated carbocycles. The highest BCUT2D eigenvalue weighted by molar-refractivity contribution is 5.94. The van der Waals surface area contributed by atoms with E-state index in [0.717, 1.165) is 53.9 Å². The Hall–Kier alpha value is -3.15. The van der Waals surface area contributed by atoms with Crippen molar-refractivity contribution < 1.29 is 4.79 Å². The fourth-order valence-corrected chi connectivity index (χ4v) is 4.69. The van der Waals surface area contributed by atoms with E-state index in [1.807, 2.05) is 40.9 Å². The molecule has 0 saturated heterocycles. The predicted octanol–water partition coefficient (Wildman–Crippen LogP) is 2.51. The molecule has 2 aliphatic rings. The van der Waals surface area contributed by atoms with Crippen molar-refractivity contribution in [2.24, 2.45) is 7.05 Å². The van der Waals surface area contributed by atoms with E-state index in [9.17, 15) is 9.59 Å². The SMILES string of the molecule is Cn1nc2c(c1-c1ccccc1)CCN(C(=O)c1cc3c([nH]c1=O)CCC3)CC2. The molecule has 148 valence electrons. The second-order valence-electron chi connectivity index (χ2n) is 7.93. The number of pyridine rings is 1. The second kappa shape index (κ2) is 7.03. The highest BCUT2D eigenvalue weighted by Crippen LogP contribution is 2.29. The Morgan fingerprint density at radius 1 is 1.07 bits per heavy atom. The maximum atomic E-state index is 13.1. The largest absolute Gasteiger partial charge is 0.338 e. The average molecular weight is 388 g/mol. The molecule has 0 bridgehead atoms. The average Bonchev–Trinajstić information content (AvgIpc) is 3.24. The van der Waals surface area contributed by atoms with Crippen LogP contribution >= 0.6 is 0 Å². The number of amides is 1. The van der Waals surface area contributed by atoms with Gasteiger partial charge < -0.3 is 9.88 Å². The molecule has 3 heterocycles. The fraction of sp³-hybridized carbons (Fsp3) is 0.348. The van der Waals surface area contributed by atoms with Gasteiger partial charge in [-0.3, -0.25) is 14.3 Å². The molecule has 0 spiro atoms. The van der Waals surface area contributed by atoms with Gasteiger partial charge in [-0.1, -0.05) is 30.3 Å². The number of carbonyl (C=O) groups excluding carboxylic acids is 1. The second-order valence-corrected chi connectivity index (χ2v) is 7.93. The number of benzene rings is 1. The van der Waals surface area contributed by atoms with Crippen LogP contribution in [0, 0.1) is 0 Å². The number of carbonyl (C=O) groups is 1. The van der Waals surface area contributed by atoms with E-state index in [2.05, 4.69) is 17.1 Å². The Morgan fingerprint density at radius 3 is 2.69 bits per heavy atom. The minimum atomic E-state index is -0.263. The minimum absolute atomic E-state index is 0.170. The molecule has 1 aromatic carbocycles. The van der Waals surface area contributed by atoms with Crippen LogP contribution in [0.1, 0.15) is 39.3 Å². The van der Waals surface area contributed by atoms with Gasteiger partial charge in [-0.15, -0.1) is 0 Å². The third-order valence-corrected chi connectivity index (χ3v) is 6.13. The van der Waals surface area contributed by atoms with Crippen molar-refractivity contribution >= 4 is 5.91 Å². The smallest absolute Gasteiger partial charge is 0.261 e. The minimum Gasteiger partial charge on any atom is -0.338 e. The summed E-state index contributed by atoms with van der Waals surface area (Å²) in [6.45, 7) is 1.17. The number of aromatic amines is 1. The van der Waals surface area contributed by atoms with Gasteiger partial charge in [0, 0.05) is 43.4 Å². The molecular weight excluding hydrogens is 364 g/mol. The van der Waals surface area contributed by atoms with E-state index in [1.165, 1.54) is 5.56 Å². The van der Waals surface area contributed by atoms with Crippen LogP contribution in [0.3, 0.4) is 0 Å². The van der Waals surface area contributed by atoms with Crippen LogP contribution in [0.5, 0.6) is 0 Å². The first-order chi connectivity index (χ1) is 14.1. The maximum absolute atomic E-state index is 13.1. The van der Waals surface area contributed by atoms with E-state index < -0.39 is 0 Å². The van der Waals surface area contributed by atoms with Crippen molar-refractivity contribution in [1.29, 1.82) is 0 Å². The molecule has 0 atom stereocenters. The van der Waals surface area contributed by atoms with Gasteiger partial charge in [-0.2, -0.15) is 5.10 Å². The normalized spacial score (nSPS) is 15.7. The number of nitrogens with zero attached hydrogens (tertiary/aromatic N) is 3. The quantitative estimate of drug-likeness (QED) is 0.733. The lowest BCUT2D eigenvalue weighted by Crippen LogP contribution is -2.37. The topological polar surface area (TPSA) is 71.0 Å². The summed E-state index contributed by atoms with van der Waals surface area (Å²) in [6.07, 6.45) is 4.30. The zero-order valence-electron chi connectivity index (χ0n) is 16.6. The standard InChI is InChI=1S/C23H24N4O2/c1-26-21(15-6-3-2-4-7-15)17-10-12-27(13-11-20(17)25-26)23(29)18-14-16-8-5-9-19(16)24-22(18)28/h2-4,6-7,14H,5,8-13H2,1H3,(H,24,28). The summed E-state index contributed by atoms with van der Waals surface area (Å²) >= 11 is 0. The number of rotatable bonds is 2. The van der Waals surface area contributed by atoms with Crippen LogP contribution < -0.4 is 5.56 Å². The van der Waals surface area contributed by atoms with Gasteiger partial charge in [0.2, 0.25) is 0 Å². The first-order valence-electron chi connectivity index (χ1n) is 10.3. The summed E-state index contributed by atoms with van der Waals surface area (Å²) in [5.74, 6) is -0.170. The molecule has 0 radical (unpaired) electrons. The van der Waals surface area contributed by atoms with E-state index in [4.69, 9.17) is 5.10 Å². The lowest BCUT2D eigenvalue weighted by molar-refractivity contribution is 0.0761. The van der Waals surface area contributed by atoms with Crippen LogP contribution in [-0.2, 0) is 32.7 Å². The zero-order chi connectivity index (χ0) is 20.0. The molecule has 0 fully saturated rings. The van der Waals surface area contributed by atoms with Gasteiger partial charge in [0.1, 0.15) is 5.56 Å². The summed E-state index contributed by atoms with van der Waals surface area (Å²) in [7, 11) is 1.98. The number of nitrogens with one attached hydrogen (secondary N) is 1. The number of aryl methyl sites for hydroxylation is 3. The van der Waals surface area contributed by atoms with E-state index in [-0.39, 0.29) is 17.0 Å². The highest BCUT2D eigenvalue weighted by Gasteiger charge is 2.27. The van der Waals surface area contributed by atoms with Gasteiger partial charge in [0.15, 0.2) is 0 Å². The van der Waals surface area contributed by atoms with Gasteiger partial charge in [-0.05, 0) is 37.3 Å². The van der Waals surface area contributed by atoms with E-state index in [0.29, 0.717) is 19.5 Å². The molecule has 6 heteroatoms. The van der Waals surface area contributed by atoms with E-state index in [1.54, 1.807) is 0 Å². The maximum Gasteiger partial charge on any atom is 0.261 e. The van der Waals surface area contributed by atoms with Gasteiger partial charge >= 0.3 is 0 Å². The van der Waals surface area contributed by atoms with Crippen LogP contribution in [0.15, 0.2) is 41.2 Å². The molecule has 1 aliphatic heterocycles. The van der Waals surface area contributed by atoms with Gasteiger partial charge in [0.25, 0.3) is 11.5 Å². The Labute approximate surface area is 169 Å². The van der Waals surface area contributed by atoms with Crippen molar-refractivity contribution in [1.82, 2.24) is 19.7 Å². The van der Waals surface area contributed by atoms with Crippen LogP contribution in [0.4, 0.5) is 0 Å².